The minimum absolute atomic E-state index is 0.126. The summed E-state index contributed by atoms with van der Waals surface area (Å²) in [5.41, 5.74) is 0.506. The van der Waals surface area contributed by atoms with Gasteiger partial charge < -0.3 is 24.4 Å². The van der Waals surface area contributed by atoms with Gasteiger partial charge in [-0.2, -0.15) is 0 Å². The molecule has 0 aromatic heterocycles. The number of carbonyl (C=O) groups excluding carboxylic acids is 1. The van der Waals surface area contributed by atoms with Gasteiger partial charge in [0, 0.05) is 18.4 Å². The fourth-order valence-electron chi connectivity index (χ4n) is 3.22. The van der Waals surface area contributed by atoms with Gasteiger partial charge in [0.05, 0.1) is 33.9 Å². The number of carbonyl (C=O) groups is 1. The summed E-state index contributed by atoms with van der Waals surface area (Å²) in [6.07, 6.45) is 3.62. The molecular formula is C17H27N2O4+. The molecule has 1 aliphatic heterocycles. The number of benzene rings is 1. The molecule has 0 radical (unpaired) electrons. The Morgan fingerprint density at radius 1 is 1.22 bits per heavy atom. The Hall–Kier alpha value is -1.95. The summed E-state index contributed by atoms with van der Waals surface area (Å²) in [6, 6.07) is 4.00. The molecule has 0 saturated carbocycles. The molecule has 0 spiro atoms. The number of amides is 1. The molecule has 0 bridgehead atoms. The first-order valence-electron chi connectivity index (χ1n) is 8.07. The van der Waals surface area contributed by atoms with Gasteiger partial charge in [-0.3, -0.25) is 4.79 Å². The van der Waals surface area contributed by atoms with Crippen LogP contribution in [0.25, 0.3) is 0 Å². The van der Waals surface area contributed by atoms with Crippen molar-refractivity contribution in [1.29, 1.82) is 0 Å². The maximum atomic E-state index is 12.5. The first-order chi connectivity index (χ1) is 11.1. The molecule has 1 heterocycles. The smallest absolute Gasteiger partial charge is 0.255 e. The number of quaternary nitrogens is 1. The second-order valence-corrected chi connectivity index (χ2v) is 5.75. The number of hydrogen-bond acceptors (Lipinski definition) is 4. The summed E-state index contributed by atoms with van der Waals surface area (Å²) in [5.74, 6) is 1.33. The Morgan fingerprint density at radius 3 is 2.39 bits per heavy atom. The standard InChI is InChI=1S/C17H26N2O4/c1-5-13-7-6-8-19(13)11-18-17(20)12-9-14(21-2)16(23-4)15(10-12)22-3/h9-10,13H,5-8,11H2,1-4H3,(H,18,20)/p+1. The molecule has 1 aromatic carbocycles. The quantitative estimate of drug-likeness (QED) is 0.781. The molecule has 2 unspecified atom stereocenters. The third-order valence-corrected chi connectivity index (χ3v) is 4.52. The number of rotatable bonds is 7. The normalized spacial score (nSPS) is 20.2. The Kier molecular flexibility index (Phi) is 6.10. The second-order valence-electron chi connectivity index (χ2n) is 5.75. The number of likely N-dealkylation sites (tertiary alicyclic amines) is 1. The molecule has 1 aromatic rings. The van der Waals surface area contributed by atoms with E-state index < -0.39 is 0 Å². The summed E-state index contributed by atoms with van der Waals surface area (Å²) in [4.78, 5) is 13.9. The predicted octanol–water partition coefficient (Wildman–Crippen LogP) is 0.857. The molecule has 2 rings (SSSR count). The molecule has 1 fully saturated rings. The number of nitrogens with one attached hydrogen (secondary N) is 2. The maximum absolute atomic E-state index is 12.5. The van der Waals surface area contributed by atoms with Crippen molar-refractivity contribution in [2.75, 3.05) is 34.5 Å². The Balaban J connectivity index is 2.09. The van der Waals surface area contributed by atoms with E-state index in [1.54, 1.807) is 33.5 Å². The molecule has 6 heteroatoms. The monoisotopic (exact) mass is 323 g/mol. The molecule has 128 valence electrons. The lowest BCUT2D eigenvalue weighted by Gasteiger charge is -2.21. The second kappa shape index (κ2) is 8.06. The predicted molar refractivity (Wildman–Crippen MR) is 87.6 cm³/mol. The fourth-order valence-corrected chi connectivity index (χ4v) is 3.22. The molecular weight excluding hydrogens is 296 g/mol. The zero-order chi connectivity index (χ0) is 16.8. The van der Waals surface area contributed by atoms with E-state index in [4.69, 9.17) is 14.2 Å². The average molecular weight is 323 g/mol. The lowest BCUT2D eigenvalue weighted by molar-refractivity contribution is -0.914. The first-order valence-corrected chi connectivity index (χ1v) is 8.07. The summed E-state index contributed by atoms with van der Waals surface area (Å²) in [6.45, 7) is 3.97. The Labute approximate surface area is 137 Å². The minimum Gasteiger partial charge on any atom is -0.493 e. The fraction of sp³-hybridized carbons (Fsp3) is 0.588. The van der Waals surface area contributed by atoms with E-state index in [-0.39, 0.29) is 5.91 Å². The van der Waals surface area contributed by atoms with Gasteiger partial charge in [0.25, 0.3) is 5.91 Å². The highest BCUT2D eigenvalue weighted by molar-refractivity contribution is 5.95. The van der Waals surface area contributed by atoms with Gasteiger partial charge in [0.15, 0.2) is 18.2 Å². The van der Waals surface area contributed by atoms with E-state index in [0.717, 1.165) is 13.0 Å². The van der Waals surface area contributed by atoms with Crippen LogP contribution in [0.4, 0.5) is 0 Å². The summed E-state index contributed by atoms with van der Waals surface area (Å²) in [7, 11) is 4.63. The van der Waals surface area contributed by atoms with E-state index in [1.165, 1.54) is 17.7 Å². The van der Waals surface area contributed by atoms with Gasteiger partial charge >= 0.3 is 0 Å². The average Bonchev–Trinajstić information content (AvgIpc) is 3.05. The van der Waals surface area contributed by atoms with Crippen LogP contribution < -0.4 is 24.4 Å². The highest BCUT2D eigenvalue weighted by Crippen LogP contribution is 2.38. The van der Waals surface area contributed by atoms with Gasteiger partial charge in [-0.25, -0.2) is 0 Å². The van der Waals surface area contributed by atoms with Crippen LogP contribution in [0.1, 0.15) is 36.5 Å². The topological polar surface area (TPSA) is 61.2 Å². The third-order valence-electron chi connectivity index (χ3n) is 4.52. The van der Waals surface area contributed by atoms with E-state index in [9.17, 15) is 4.79 Å². The number of methoxy groups -OCH3 is 3. The van der Waals surface area contributed by atoms with Crippen molar-refractivity contribution in [1.82, 2.24) is 5.32 Å². The van der Waals surface area contributed by atoms with Crippen molar-refractivity contribution >= 4 is 5.91 Å². The highest BCUT2D eigenvalue weighted by atomic mass is 16.5. The molecule has 0 aliphatic carbocycles. The van der Waals surface area contributed by atoms with Crippen molar-refractivity contribution < 1.29 is 23.9 Å². The van der Waals surface area contributed by atoms with Crippen LogP contribution in [0.15, 0.2) is 12.1 Å². The molecule has 1 aliphatic rings. The zero-order valence-corrected chi connectivity index (χ0v) is 14.4. The van der Waals surface area contributed by atoms with Gasteiger partial charge in [-0.05, 0) is 18.6 Å². The lowest BCUT2D eigenvalue weighted by atomic mass is 10.1. The van der Waals surface area contributed by atoms with Crippen LogP contribution >= 0.6 is 0 Å². The van der Waals surface area contributed by atoms with Gasteiger partial charge in [-0.1, -0.05) is 6.92 Å². The molecule has 1 amide bonds. The summed E-state index contributed by atoms with van der Waals surface area (Å²) in [5, 5.41) is 3.02. The van der Waals surface area contributed by atoms with Gasteiger partial charge in [0.1, 0.15) is 0 Å². The van der Waals surface area contributed by atoms with Crippen molar-refractivity contribution in [2.45, 2.75) is 32.2 Å². The highest BCUT2D eigenvalue weighted by Gasteiger charge is 2.27. The molecule has 1 saturated heterocycles. The van der Waals surface area contributed by atoms with E-state index in [2.05, 4.69) is 12.2 Å². The van der Waals surface area contributed by atoms with Gasteiger partial charge in [0.2, 0.25) is 5.75 Å². The largest absolute Gasteiger partial charge is 0.493 e. The Morgan fingerprint density at radius 2 is 1.87 bits per heavy atom. The van der Waals surface area contributed by atoms with Gasteiger partial charge in [-0.15, -0.1) is 0 Å². The number of hydrogen-bond donors (Lipinski definition) is 2. The van der Waals surface area contributed by atoms with Crippen LogP contribution in [0.3, 0.4) is 0 Å². The van der Waals surface area contributed by atoms with Crippen LogP contribution in [0.5, 0.6) is 17.2 Å². The summed E-state index contributed by atoms with van der Waals surface area (Å²) >= 11 is 0. The number of ether oxygens (including phenoxy) is 3. The molecule has 2 atom stereocenters. The first kappa shape index (κ1) is 17.4. The van der Waals surface area contributed by atoms with Crippen molar-refractivity contribution in [3.05, 3.63) is 17.7 Å². The Bertz CT molecular complexity index is 522. The van der Waals surface area contributed by atoms with E-state index in [1.807, 2.05) is 0 Å². The lowest BCUT2D eigenvalue weighted by Crippen LogP contribution is -3.15. The minimum atomic E-state index is -0.126. The van der Waals surface area contributed by atoms with Crippen molar-refractivity contribution in [3.63, 3.8) is 0 Å². The van der Waals surface area contributed by atoms with Crippen LogP contribution in [0, 0.1) is 0 Å². The molecule has 2 N–H and O–H groups in total. The molecule has 6 nitrogen and oxygen atoms in total. The van der Waals surface area contributed by atoms with Crippen molar-refractivity contribution in [3.8, 4) is 17.2 Å². The van der Waals surface area contributed by atoms with Crippen LogP contribution in [-0.2, 0) is 0 Å². The van der Waals surface area contributed by atoms with E-state index in [0.29, 0.717) is 35.5 Å². The third kappa shape index (κ3) is 3.88. The zero-order valence-electron chi connectivity index (χ0n) is 14.4. The summed E-state index contributed by atoms with van der Waals surface area (Å²) < 4.78 is 15.9. The van der Waals surface area contributed by atoms with Crippen LogP contribution in [0.2, 0.25) is 0 Å². The van der Waals surface area contributed by atoms with Crippen molar-refractivity contribution in [2.24, 2.45) is 0 Å². The van der Waals surface area contributed by atoms with E-state index >= 15 is 0 Å². The SMILES string of the molecule is CCC1CCC[NH+]1CNC(=O)c1cc(OC)c(OC)c(OC)c1. The van der Waals surface area contributed by atoms with Crippen LogP contribution in [-0.4, -0.2) is 46.5 Å². The molecule has 23 heavy (non-hydrogen) atoms. The maximum Gasteiger partial charge on any atom is 0.255 e.